The van der Waals surface area contributed by atoms with E-state index in [1.165, 1.54) is 23.5 Å². The molecule has 0 radical (unpaired) electrons. The lowest BCUT2D eigenvalue weighted by molar-refractivity contribution is -0.127. The van der Waals surface area contributed by atoms with E-state index in [1.807, 2.05) is 26.0 Å². The molecule has 1 aliphatic heterocycles. The van der Waals surface area contributed by atoms with Crippen LogP contribution in [0.2, 0.25) is 0 Å². The van der Waals surface area contributed by atoms with Crippen LogP contribution < -0.4 is 20.1 Å². The predicted octanol–water partition coefficient (Wildman–Crippen LogP) is 3.79. The Morgan fingerprint density at radius 2 is 1.88 bits per heavy atom. The van der Waals surface area contributed by atoms with Crippen molar-refractivity contribution >= 4 is 28.3 Å². The van der Waals surface area contributed by atoms with E-state index >= 15 is 0 Å². The number of nitrogens with one attached hydrogen (secondary N) is 2. The first-order valence-corrected chi connectivity index (χ1v) is 11.3. The molecule has 2 aromatic carbocycles. The molecular weight excluding hydrogens is 447 g/mol. The molecule has 0 saturated carbocycles. The van der Waals surface area contributed by atoms with Gasteiger partial charge in [-0.1, -0.05) is 43.7 Å². The Hall–Kier alpha value is -3.53. The maximum absolute atomic E-state index is 13.1. The van der Waals surface area contributed by atoms with Gasteiger partial charge in [-0.25, -0.2) is 4.39 Å². The summed E-state index contributed by atoms with van der Waals surface area (Å²) in [7, 11) is 0. The Morgan fingerprint density at radius 3 is 2.64 bits per heavy atom. The van der Waals surface area contributed by atoms with Gasteiger partial charge in [0.25, 0.3) is 0 Å². The minimum atomic E-state index is -0.749. The predicted molar refractivity (Wildman–Crippen MR) is 122 cm³/mol. The van der Waals surface area contributed by atoms with Gasteiger partial charge >= 0.3 is 0 Å². The largest absolute Gasteiger partial charge is 0.454 e. The third kappa shape index (κ3) is 5.46. The molecule has 4 rings (SSSR count). The standard InChI is InChI=1S/C23H23FN4O4S/c1-3-13(2)20(25-19(29)10-14-4-7-16(24)8-5-14)21(30)26-23-28-27-22(33-23)15-6-9-17-18(11-15)32-12-31-17/h4-9,11,13,20H,3,10,12H2,1-2H3,(H,25,29)(H,26,28,30). The van der Waals surface area contributed by atoms with Crippen LogP contribution in [0.5, 0.6) is 11.5 Å². The van der Waals surface area contributed by atoms with Gasteiger partial charge in [-0.05, 0) is 41.8 Å². The van der Waals surface area contributed by atoms with Crippen molar-refractivity contribution in [3.05, 3.63) is 53.8 Å². The summed E-state index contributed by atoms with van der Waals surface area (Å²) in [5, 5.41) is 14.7. The van der Waals surface area contributed by atoms with E-state index in [1.54, 1.807) is 18.2 Å². The number of rotatable bonds is 8. The highest BCUT2D eigenvalue weighted by Crippen LogP contribution is 2.37. The zero-order valence-electron chi connectivity index (χ0n) is 18.1. The number of amides is 2. The Balaban J connectivity index is 1.42. The highest BCUT2D eigenvalue weighted by Gasteiger charge is 2.27. The average molecular weight is 471 g/mol. The van der Waals surface area contributed by atoms with Crippen molar-refractivity contribution in [3.8, 4) is 22.1 Å². The molecule has 0 fully saturated rings. The maximum Gasteiger partial charge on any atom is 0.249 e. The molecule has 1 aliphatic rings. The SMILES string of the molecule is CCC(C)C(NC(=O)Cc1ccc(F)cc1)C(=O)Nc1nnc(-c2ccc3c(c2)OCO3)s1. The fourth-order valence-corrected chi connectivity index (χ4v) is 4.06. The van der Waals surface area contributed by atoms with E-state index in [9.17, 15) is 14.0 Å². The number of anilines is 1. The van der Waals surface area contributed by atoms with E-state index in [0.29, 0.717) is 33.6 Å². The van der Waals surface area contributed by atoms with Crippen LogP contribution in [0.25, 0.3) is 10.6 Å². The van der Waals surface area contributed by atoms with Gasteiger partial charge in [-0.15, -0.1) is 10.2 Å². The van der Waals surface area contributed by atoms with E-state index in [0.717, 1.165) is 5.56 Å². The highest BCUT2D eigenvalue weighted by molar-refractivity contribution is 7.18. The smallest absolute Gasteiger partial charge is 0.249 e. The van der Waals surface area contributed by atoms with Crippen molar-refractivity contribution in [1.29, 1.82) is 0 Å². The molecule has 0 bridgehead atoms. The molecule has 0 spiro atoms. The lowest BCUT2D eigenvalue weighted by Crippen LogP contribution is -2.48. The number of aromatic nitrogens is 2. The van der Waals surface area contributed by atoms with Crippen LogP contribution in [0.4, 0.5) is 9.52 Å². The van der Waals surface area contributed by atoms with Crippen molar-refractivity contribution in [1.82, 2.24) is 15.5 Å². The van der Waals surface area contributed by atoms with Gasteiger partial charge in [0.15, 0.2) is 11.5 Å². The molecule has 10 heteroatoms. The summed E-state index contributed by atoms with van der Waals surface area (Å²) in [5.74, 6) is 0.140. The van der Waals surface area contributed by atoms with Gasteiger partial charge in [-0.2, -0.15) is 0 Å². The first-order valence-electron chi connectivity index (χ1n) is 10.5. The highest BCUT2D eigenvalue weighted by atomic mass is 32.1. The number of carbonyl (C=O) groups excluding carboxylic acids is 2. The average Bonchev–Trinajstić information content (AvgIpc) is 3.47. The first-order chi connectivity index (χ1) is 15.9. The number of nitrogens with zero attached hydrogens (tertiary/aromatic N) is 2. The summed E-state index contributed by atoms with van der Waals surface area (Å²) >= 11 is 1.22. The minimum Gasteiger partial charge on any atom is -0.454 e. The third-order valence-corrected chi connectivity index (χ3v) is 6.25. The van der Waals surface area contributed by atoms with Gasteiger partial charge < -0.3 is 14.8 Å². The van der Waals surface area contributed by atoms with Gasteiger partial charge in [0.05, 0.1) is 6.42 Å². The molecule has 3 aromatic rings. The van der Waals surface area contributed by atoms with Gasteiger partial charge in [-0.3, -0.25) is 14.9 Å². The fraction of sp³-hybridized carbons (Fsp3) is 0.304. The van der Waals surface area contributed by atoms with Crippen LogP contribution in [0.3, 0.4) is 0 Å². The summed E-state index contributed by atoms with van der Waals surface area (Å²) in [6.07, 6.45) is 0.737. The maximum atomic E-state index is 13.1. The normalized spacial score (nSPS) is 13.9. The van der Waals surface area contributed by atoms with Crippen LogP contribution in [-0.2, 0) is 16.0 Å². The molecule has 2 unspecified atom stereocenters. The summed E-state index contributed by atoms with van der Waals surface area (Å²) in [4.78, 5) is 25.5. The molecule has 8 nitrogen and oxygen atoms in total. The molecular formula is C23H23FN4O4S. The van der Waals surface area contributed by atoms with Crippen LogP contribution in [0.1, 0.15) is 25.8 Å². The number of ether oxygens (including phenoxy) is 2. The Kier molecular flexibility index (Phi) is 6.83. The van der Waals surface area contributed by atoms with Crippen LogP contribution in [0, 0.1) is 11.7 Å². The Morgan fingerprint density at radius 1 is 1.12 bits per heavy atom. The molecule has 2 N–H and O–H groups in total. The number of hydrogen-bond acceptors (Lipinski definition) is 7. The lowest BCUT2D eigenvalue weighted by Gasteiger charge is -2.23. The molecule has 2 heterocycles. The topological polar surface area (TPSA) is 102 Å². The molecule has 33 heavy (non-hydrogen) atoms. The second-order valence-corrected chi connectivity index (χ2v) is 8.68. The minimum absolute atomic E-state index is 0.0492. The number of carbonyl (C=O) groups is 2. The van der Waals surface area contributed by atoms with Crippen molar-refractivity contribution in [3.63, 3.8) is 0 Å². The third-order valence-electron chi connectivity index (χ3n) is 5.36. The van der Waals surface area contributed by atoms with E-state index in [-0.39, 0.29) is 36.8 Å². The van der Waals surface area contributed by atoms with Crippen LogP contribution >= 0.6 is 11.3 Å². The number of fused-ring (bicyclic) bond motifs is 1. The molecule has 0 aliphatic carbocycles. The zero-order valence-corrected chi connectivity index (χ0v) is 18.9. The number of halogens is 1. The number of benzene rings is 2. The lowest BCUT2D eigenvalue weighted by atomic mass is 9.98. The van der Waals surface area contributed by atoms with Crippen molar-refractivity contribution in [2.24, 2.45) is 5.92 Å². The van der Waals surface area contributed by atoms with Gasteiger partial charge in [0, 0.05) is 5.56 Å². The van der Waals surface area contributed by atoms with Gasteiger partial charge in [0.2, 0.25) is 23.7 Å². The Labute approximate surface area is 194 Å². The molecule has 172 valence electrons. The molecule has 1 aromatic heterocycles. The van der Waals surface area contributed by atoms with Crippen molar-refractivity contribution in [2.45, 2.75) is 32.7 Å². The zero-order chi connectivity index (χ0) is 23.4. The monoisotopic (exact) mass is 470 g/mol. The van der Waals surface area contributed by atoms with Crippen molar-refractivity contribution < 1.29 is 23.5 Å². The summed E-state index contributed by atoms with van der Waals surface area (Å²) in [6, 6.07) is 10.4. The van der Waals surface area contributed by atoms with E-state index in [2.05, 4.69) is 20.8 Å². The second kappa shape index (κ2) is 9.95. The van der Waals surface area contributed by atoms with Gasteiger partial charge in [0.1, 0.15) is 16.9 Å². The first kappa shape index (κ1) is 22.7. The van der Waals surface area contributed by atoms with E-state index < -0.39 is 6.04 Å². The molecule has 0 saturated heterocycles. The second-order valence-electron chi connectivity index (χ2n) is 7.70. The molecule has 2 atom stereocenters. The number of hydrogen-bond donors (Lipinski definition) is 2. The van der Waals surface area contributed by atoms with Crippen molar-refractivity contribution in [2.75, 3.05) is 12.1 Å². The Bertz CT molecular complexity index is 1150. The summed E-state index contributed by atoms with van der Waals surface area (Å²) < 4.78 is 23.8. The van der Waals surface area contributed by atoms with E-state index in [4.69, 9.17) is 9.47 Å². The summed E-state index contributed by atoms with van der Waals surface area (Å²) in [5.41, 5.74) is 1.46. The summed E-state index contributed by atoms with van der Waals surface area (Å²) in [6.45, 7) is 4.01. The quantitative estimate of drug-likeness (QED) is 0.519. The van der Waals surface area contributed by atoms with Crippen LogP contribution in [-0.4, -0.2) is 34.8 Å². The molecule has 2 amide bonds. The van der Waals surface area contributed by atoms with Crippen LogP contribution in [0.15, 0.2) is 42.5 Å². The fourth-order valence-electron chi connectivity index (χ4n) is 3.32.